The first-order chi connectivity index (χ1) is 13.0. The number of para-hydroxylation sites is 1. The van der Waals surface area contributed by atoms with Gasteiger partial charge in [0.15, 0.2) is 0 Å². The summed E-state index contributed by atoms with van der Waals surface area (Å²) in [4.78, 5) is 25.7. The molecule has 0 aliphatic carbocycles. The van der Waals surface area contributed by atoms with Gasteiger partial charge >= 0.3 is 0 Å². The molecule has 0 saturated carbocycles. The largest absolute Gasteiger partial charge is 0.496 e. The summed E-state index contributed by atoms with van der Waals surface area (Å²) < 4.78 is 5.44. The van der Waals surface area contributed by atoms with Crippen LogP contribution in [0.25, 0.3) is 0 Å². The molecule has 0 fully saturated rings. The van der Waals surface area contributed by atoms with Crippen molar-refractivity contribution >= 4 is 29.3 Å². The standard InChI is InChI=1S/C21H22N2O3S/c1-14-7-9-16(10-8-14)13-22-20(24)17-5-3-4-6-18(17)23-21(25)19-15(2)26-11-12-27-19/h3-10H,11-13H2,1-2H3,(H,22,24)(H,23,25). The van der Waals surface area contributed by atoms with Gasteiger partial charge in [0.2, 0.25) is 0 Å². The fourth-order valence-corrected chi connectivity index (χ4v) is 3.50. The van der Waals surface area contributed by atoms with Crippen LogP contribution in [0.5, 0.6) is 0 Å². The van der Waals surface area contributed by atoms with Gasteiger partial charge < -0.3 is 15.4 Å². The lowest BCUT2D eigenvalue weighted by Crippen LogP contribution is -2.25. The molecular weight excluding hydrogens is 360 g/mol. The first kappa shape index (κ1) is 19.0. The Morgan fingerprint density at radius 1 is 1.04 bits per heavy atom. The average molecular weight is 382 g/mol. The van der Waals surface area contributed by atoms with Crippen LogP contribution in [0, 0.1) is 6.92 Å². The number of hydrogen-bond donors (Lipinski definition) is 2. The first-order valence-corrected chi connectivity index (χ1v) is 9.74. The van der Waals surface area contributed by atoms with E-state index >= 15 is 0 Å². The zero-order valence-electron chi connectivity index (χ0n) is 15.4. The Bertz CT molecular complexity index is 875. The van der Waals surface area contributed by atoms with E-state index in [2.05, 4.69) is 10.6 Å². The third-order valence-corrected chi connectivity index (χ3v) is 5.30. The molecule has 0 atom stereocenters. The lowest BCUT2D eigenvalue weighted by molar-refractivity contribution is -0.112. The molecule has 2 aromatic carbocycles. The molecule has 0 aromatic heterocycles. The fraction of sp³-hybridized carbons (Fsp3) is 0.238. The van der Waals surface area contributed by atoms with Crippen LogP contribution in [0.15, 0.2) is 59.2 Å². The van der Waals surface area contributed by atoms with Crippen LogP contribution in [-0.2, 0) is 16.1 Å². The summed E-state index contributed by atoms with van der Waals surface area (Å²) in [6.07, 6.45) is 0. The summed E-state index contributed by atoms with van der Waals surface area (Å²) in [5.41, 5.74) is 3.10. The molecule has 27 heavy (non-hydrogen) atoms. The van der Waals surface area contributed by atoms with E-state index in [1.807, 2.05) is 31.2 Å². The third-order valence-electron chi connectivity index (χ3n) is 4.17. The second kappa shape index (κ2) is 8.77. The van der Waals surface area contributed by atoms with E-state index in [4.69, 9.17) is 4.74 Å². The second-order valence-electron chi connectivity index (χ2n) is 6.25. The van der Waals surface area contributed by atoms with Gasteiger partial charge in [0.1, 0.15) is 10.7 Å². The number of nitrogens with one attached hydrogen (secondary N) is 2. The molecule has 0 unspecified atom stereocenters. The minimum Gasteiger partial charge on any atom is -0.496 e. The molecule has 2 aromatic rings. The monoisotopic (exact) mass is 382 g/mol. The summed E-state index contributed by atoms with van der Waals surface area (Å²) >= 11 is 1.46. The lowest BCUT2D eigenvalue weighted by Gasteiger charge is -2.18. The molecule has 0 saturated heterocycles. The van der Waals surface area contributed by atoms with E-state index in [0.29, 0.717) is 35.1 Å². The van der Waals surface area contributed by atoms with Gasteiger partial charge in [-0.05, 0) is 31.5 Å². The average Bonchev–Trinajstić information content (AvgIpc) is 2.68. The number of rotatable bonds is 5. The maximum Gasteiger partial charge on any atom is 0.265 e. The molecule has 2 N–H and O–H groups in total. The number of amides is 2. The summed E-state index contributed by atoms with van der Waals surface area (Å²) in [5, 5.41) is 5.74. The first-order valence-electron chi connectivity index (χ1n) is 8.75. The summed E-state index contributed by atoms with van der Waals surface area (Å²) in [7, 11) is 0. The molecule has 1 aliphatic heterocycles. The molecule has 140 valence electrons. The quantitative estimate of drug-likeness (QED) is 0.824. The number of allylic oxidation sites excluding steroid dienone is 1. The molecule has 0 bridgehead atoms. The molecule has 1 aliphatic rings. The van der Waals surface area contributed by atoms with Crippen LogP contribution in [0.2, 0.25) is 0 Å². The van der Waals surface area contributed by atoms with Gasteiger partial charge in [-0.2, -0.15) is 0 Å². The second-order valence-corrected chi connectivity index (χ2v) is 7.36. The van der Waals surface area contributed by atoms with E-state index in [1.54, 1.807) is 31.2 Å². The minimum absolute atomic E-state index is 0.232. The van der Waals surface area contributed by atoms with E-state index in [9.17, 15) is 9.59 Å². The maximum absolute atomic E-state index is 12.6. The fourth-order valence-electron chi connectivity index (χ4n) is 2.68. The number of hydrogen-bond acceptors (Lipinski definition) is 4. The number of thioether (sulfide) groups is 1. The minimum atomic E-state index is -0.254. The number of carbonyl (C=O) groups excluding carboxylic acids is 2. The van der Waals surface area contributed by atoms with Crippen molar-refractivity contribution in [2.75, 3.05) is 17.7 Å². The molecule has 0 radical (unpaired) electrons. The van der Waals surface area contributed by atoms with Gasteiger partial charge in [-0.25, -0.2) is 0 Å². The molecule has 2 amide bonds. The normalized spacial score (nSPS) is 13.7. The van der Waals surface area contributed by atoms with Crippen LogP contribution in [0.1, 0.15) is 28.4 Å². The molecular formula is C21H22N2O3S. The van der Waals surface area contributed by atoms with Gasteiger partial charge in [-0.1, -0.05) is 42.0 Å². The third kappa shape index (κ3) is 4.92. The van der Waals surface area contributed by atoms with Crippen molar-refractivity contribution < 1.29 is 14.3 Å². The van der Waals surface area contributed by atoms with Crippen LogP contribution in [-0.4, -0.2) is 24.2 Å². The van der Waals surface area contributed by atoms with Crippen molar-refractivity contribution in [2.24, 2.45) is 0 Å². The highest BCUT2D eigenvalue weighted by Gasteiger charge is 2.20. The molecule has 6 heteroatoms. The van der Waals surface area contributed by atoms with E-state index in [-0.39, 0.29) is 11.8 Å². The Balaban J connectivity index is 1.70. The smallest absolute Gasteiger partial charge is 0.265 e. The number of aryl methyl sites for hydroxylation is 1. The van der Waals surface area contributed by atoms with Crippen molar-refractivity contribution in [3.8, 4) is 0 Å². The van der Waals surface area contributed by atoms with Crippen LogP contribution in [0.4, 0.5) is 5.69 Å². The Labute approximate surface area is 163 Å². The van der Waals surface area contributed by atoms with Gasteiger partial charge in [-0.3, -0.25) is 9.59 Å². The molecule has 5 nitrogen and oxygen atoms in total. The van der Waals surface area contributed by atoms with Gasteiger partial charge in [0.05, 0.1) is 17.9 Å². The van der Waals surface area contributed by atoms with Crippen molar-refractivity contribution in [1.82, 2.24) is 5.32 Å². The van der Waals surface area contributed by atoms with E-state index in [0.717, 1.165) is 11.3 Å². The van der Waals surface area contributed by atoms with Crippen molar-refractivity contribution in [1.29, 1.82) is 0 Å². The molecule has 1 heterocycles. The lowest BCUT2D eigenvalue weighted by atomic mass is 10.1. The number of benzene rings is 2. The molecule has 0 spiro atoms. The van der Waals surface area contributed by atoms with E-state index in [1.165, 1.54) is 17.3 Å². The maximum atomic E-state index is 12.6. The zero-order chi connectivity index (χ0) is 19.2. The van der Waals surface area contributed by atoms with Crippen molar-refractivity contribution in [3.05, 3.63) is 75.9 Å². The number of anilines is 1. The van der Waals surface area contributed by atoms with Crippen molar-refractivity contribution in [2.45, 2.75) is 20.4 Å². The topological polar surface area (TPSA) is 67.4 Å². The predicted octanol–water partition coefficient (Wildman–Crippen LogP) is 3.86. The van der Waals surface area contributed by atoms with Gasteiger partial charge in [-0.15, -0.1) is 11.8 Å². The summed E-state index contributed by atoms with van der Waals surface area (Å²) in [5.74, 6) is 0.865. The molecule has 3 rings (SSSR count). The summed E-state index contributed by atoms with van der Waals surface area (Å²) in [6.45, 7) is 4.83. The van der Waals surface area contributed by atoms with Crippen molar-refractivity contribution in [3.63, 3.8) is 0 Å². The Kier molecular flexibility index (Phi) is 6.19. The van der Waals surface area contributed by atoms with Crippen LogP contribution >= 0.6 is 11.8 Å². The van der Waals surface area contributed by atoms with Crippen LogP contribution < -0.4 is 10.6 Å². The Morgan fingerprint density at radius 3 is 2.52 bits per heavy atom. The highest BCUT2D eigenvalue weighted by Crippen LogP contribution is 2.27. The van der Waals surface area contributed by atoms with Gasteiger partial charge in [0, 0.05) is 12.3 Å². The highest BCUT2D eigenvalue weighted by molar-refractivity contribution is 8.04. The van der Waals surface area contributed by atoms with Crippen LogP contribution in [0.3, 0.4) is 0 Å². The SMILES string of the molecule is CC1=C(C(=O)Nc2ccccc2C(=O)NCc2ccc(C)cc2)SCCO1. The number of ether oxygens (including phenoxy) is 1. The van der Waals surface area contributed by atoms with Gasteiger partial charge in [0.25, 0.3) is 11.8 Å². The Morgan fingerprint density at radius 2 is 1.78 bits per heavy atom. The Hall–Kier alpha value is -2.73. The summed E-state index contributed by atoms with van der Waals surface area (Å²) in [6, 6.07) is 15.0. The highest BCUT2D eigenvalue weighted by atomic mass is 32.2. The number of carbonyl (C=O) groups is 2. The predicted molar refractivity (Wildman–Crippen MR) is 109 cm³/mol. The zero-order valence-corrected chi connectivity index (χ0v) is 16.2. The van der Waals surface area contributed by atoms with E-state index < -0.39 is 0 Å².